The molecule has 0 bridgehead atoms. The summed E-state index contributed by atoms with van der Waals surface area (Å²) in [5.41, 5.74) is 5.33. The third-order valence-corrected chi connectivity index (χ3v) is 3.95. The lowest BCUT2D eigenvalue weighted by Gasteiger charge is -2.28. The van der Waals surface area contributed by atoms with Crippen LogP contribution in [0.2, 0.25) is 0 Å². The molecule has 1 amide bonds. The van der Waals surface area contributed by atoms with Crippen molar-refractivity contribution in [1.82, 2.24) is 15.4 Å². The van der Waals surface area contributed by atoms with Gasteiger partial charge in [0.15, 0.2) is 0 Å². The summed E-state index contributed by atoms with van der Waals surface area (Å²) in [6.45, 7) is 3.70. The summed E-state index contributed by atoms with van der Waals surface area (Å²) in [5.74, 6) is -0.538. The number of anilines is 2. The maximum absolute atomic E-state index is 12.3. The zero-order valence-corrected chi connectivity index (χ0v) is 14.5. The van der Waals surface area contributed by atoms with E-state index in [0.717, 1.165) is 0 Å². The van der Waals surface area contributed by atoms with E-state index in [1.54, 1.807) is 13.0 Å². The number of morpholine rings is 1. The number of rotatable bonds is 5. The highest BCUT2D eigenvalue weighted by molar-refractivity contribution is 5.96. The standard InChI is InChI=1S/C16H18N6O5/c1-10-8-14(23)18-16(17-10)20-19-15(24)11-2-3-12(13(9-11)22(25)26)21-4-6-27-7-5-21/h2-3,8-9H,4-7H2,1H3,(H,19,24)(H2,17,18,20,23). The molecule has 0 atom stereocenters. The normalized spacial score (nSPS) is 13.9. The van der Waals surface area contributed by atoms with Gasteiger partial charge in [-0.25, -0.2) is 4.98 Å². The summed E-state index contributed by atoms with van der Waals surface area (Å²) in [6.07, 6.45) is 0. The predicted molar refractivity (Wildman–Crippen MR) is 96.8 cm³/mol. The van der Waals surface area contributed by atoms with E-state index in [9.17, 15) is 19.7 Å². The van der Waals surface area contributed by atoms with Crippen LogP contribution in [0, 0.1) is 17.0 Å². The highest BCUT2D eigenvalue weighted by atomic mass is 16.6. The van der Waals surface area contributed by atoms with Gasteiger partial charge in [0.1, 0.15) is 5.69 Å². The number of amides is 1. The minimum Gasteiger partial charge on any atom is -0.378 e. The van der Waals surface area contributed by atoms with Gasteiger partial charge in [0.05, 0.1) is 18.1 Å². The lowest BCUT2D eigenvalue weighted by atomic mass is 10.1. The van der Waals surface area contributed by atoms with Crippen molar-refractivity contribution in [3.8, 4) is 0 Å². The van der Waals surface area contributed by atoms with Crippen molar-refractivity contribution >= 4 is 23.2 Å². The van der Waals surface area contributed by atoms with E-state index in [4.69, 9.17) is 4.74 Å². The van der Waals surface area contributed by atoms with Crippen molar-refractivity contribution in [3.05, 3.63) is 56.0 Å². The number of hydrazine groups is 1. The number of nitro benzene ring substituents is 1. The maximum Gasteiger partial charge on any atom is 0.293 e. The quantitative estimate of drug-likeness (QED) is 0.509. The molecule has 142 valence electrons. The maximum atomic E-state index is 12.3. The van der Waals surface area contributed by atoms with Crippen molar-refractivity contribution in [2.24, 2.45) is 0 Å². The first-order valence-corrected chi connectivity index (χ1v) is 8.19. The highest BCUT2D eigenvalue weighted by Crippen LogP contribution is 2.29. The zero-order chi connectivity index (χ0) is 19.4. The fraction of sp³-hybridized carbons (Fsp3) is 0.312. The van der Waals surface area contributed by atoms with E-state index >= 15 is 0 Å². The molecular formula is C16H18N6O5. The number of nitro groups is 1. The minimum absolute atomic E-state index is 0.0628. The molecule has 3 N–H and O–H groups in total. The van der Waals surface area contributed by atoms with Crippen molar-refractivity contribution in [1.29, 1.82) is 0 Å². The molecule has 1 saturated heterocycles. The van der Waals surface area contributed by atoms with Gasteiger partial charge in [0.2, 0.25) is 5.95 Å². The summed E-state index contributed by atoms with van der Waals surface area (Å²) in [5, 5.41) is 11.4. The van der Waals surface area contributed by atoms with Crippen LogP contribution < -0.4 is 21.3 Å². The number of aromatic amines is 1. The molecule has 1 aromatic heterocycles. The summed E-state index contributed by atoms with van der Waals surface area (Å²) in [7, 11) is 0. The first-order valence-electron chi connectivity index (χ1n) is 8.19. The van der Waals surface area contributed by atoms with E-state index in [0.29, 0.717) is 37.7 Å². The molecule has 1 fully saturated rings. The van der Waals surface area contributed by atoms with Gasteiger partial charge < -0.3 is 9.64 Å². The van der Waals surface area contributed by atoms with E-state index in [1.165, 1.54) is 18.2 Å². The van der Waals surface area contributed by atoms with Gasteiger partial charge in [-0.2, -0.15) is 0 Å². The molecule has 0 spiro atoms. The number of hydrogen-bond acceptors (Lipinski definition) is 8. The first-order chi connectivity index (χ1) is 12.9. The fourth-order valence-electron chi connectivity index (χ4n) is 2.71. The highest BCUT2D eigenvalue weighted by Gasteiger charge is 2.23. The lowest BCUT2D eigenvalue weighted by molar-refractivity contribution is -0.384. The largest absolute Gasteiger partial charge is 0.378 e. The Morgan fingerprint density at radius 3 is 2.74 bits per heavy atom. The van der Waals surface area contributed by atoms with Crippen LogP contribution in [0.15, 0.2) is 29.1 Å². The molecule has 0 unspecified atom stereocenters. The third-order valence-electron chi connectivity index (χ3n) is 3.95. The average Bonchev–Trinajstić information content (AvgIpc) is 2.65. The number of benzene rings is 1. The van der Waals surface area contributed by atoms with Crippen LogP contribution in [0.4, 0.5) is 17.3 Å². The van der Waals surface area contributed by atoms with Crippen LogP contribution in [0.3, 0.4) is 0 Å². The van der Waals surface area contributed by atoms with Gasteiger partial charge in [-0.05, 0) is 19.1 Å². The molecule has 2 aromatic rings. The Balaban J connectivity index is 1.77. The van der Waals surface area contributed by atoms with Gasteiger partial charge in [-0.15, -0.1) is 0 Å². The average molecular weight is 374 g/mol. The molecule has 1 aliphatic rings. The third kappa shape index (κ3) is 4.39. The number of nitrogens with zero attached hydrogens (tertiary/aromatic N) is 3. The van der Waals surface area contributed by atoms with Gasteiger partial charge >= 0.3 is 0 Å². The molecule has 0 saturated carbocycles. The molecule has 27 heavy (non-hydrogen) atoms. The number of carbonyl (C=O) groups excluding carboxylic acids is 1. The van der Waals surface area contributed by atoms with Crippen molar-refractivity contribution in [3.63, 3.8) is 0 Å². The monoisotopic (exact) mass is 374 g/mol. The predicted octanol–water partition coefficient (Wildman–Crippen LogP) is 0.580. The van der Waals surface area contributed by atoms with E-state index in [2.05, 4.69) is 20.8 Å². The van der Waals surface area contributed by atoms with Gasteiger partial charge in [0.25, 0.3) is 17.2 Å². The number of carbonyl (C=O) groups is 1. The second-order valence-corrected chi connectivity index (χ2v) is 5.87. The molecule has 1 aliphatic heterocycles. The van der Waals surface area contributed by atoms with Gasteiger partial charge in [-0.3, -0.25) is 35.5 Å². The van der Waals surface area contributed by atoms with Crippen LogP contribution >= 0.6 is 0 Å². The Hall–Kier alpha value is -3.47. The smallest absolute Gasteiger partial charge is 0.293 e. The zero-order valence-electron chi connectivity index (χ0n) is 14.5. The summed E-state index contributed by atoms with van der Waals surface area (Å²) >= 11 is 0. The van der Waals surface area contributed by atoms with Crippen molar-refractivity contribution in [2.75, 3.05) is 36.6 Å². The lowest BCUT2D eigenvalue weighted by Crippen LogP contribution is -2.36. The number of aromatic nitrogens is 2. The SMILES string of the molecule is Cc1cc(=O)[nH]c(NNC(=O)c2ccc(N3CCOCC3)c([N+](=O)[O-])c2)n1. The molecule has 1 aromatic carbocycles. The van der Waals surface area contributed by atoms with Crippen LogP contribution in [0.1, 0.15) is 16.1 Å². The van der Waals surface area contributed by atoms with Crippen molar-refractivity contribution in [2.45, 2.75) is 6.92 Å². The molecule has 11 nitrogen and oxygen atoms in total. The summed E-state index contributed by atoms with van der Waals surface area (Å²) < 4.78 is 5.26. The molecule has 0 radical (unpaired) electrons. The Labute approximate surface area is 153 Å². The van der Waals surface area contributed by atoms with E-state index in [1.807, 2.05) is 4.90 Å². The van der Waals surface area contributed by atoms with Gasteiger partial charge in [-0.1, -0.05) is 0 Å². The summed E-state index contributed by atoms with van der Waals surface area (Å²) in [6, 6.07) is 5.57. The molecule has 11 heteroatoms. The fourth-order valence-corrected chi connectivity index (χ4v) is 2.71. The second-order valence-electron chi connectivity index (χ2n) is 5.87. The number of nitrogens with one attached hydrogen (secondary N) is 3. The topological polar surface area (TPSA) is 142 Å². The molecule has 0 aliphatic carbocycles. The number of hydrogen-bond donors (Lipinski definition) is 3. The van der Waals surface area contributed by atoms with Crippen LogP contribution in [0.5, 0.6) is 0 Å². The number of aryl methyl sites for hydroxylation is 1. The van der Waals surface area contributed by atoms with Gasteiger partial charge in [0, 0.05) is 36.5 Å². The Morgan fingerprint density at radius 1 is 1.33 bits per heavy atom. The van der Waals surface area contributed by atoms with E-state index in [-0.39, 0.29) is 22.8 Å². The molecule has 2 heterocycles. The number of H-pyrrole nitrogens is 1. The molecule has 3 rings (SSSR count). The minimum atomic E-state index is -0.601. The van der Waals surface area contributed by atoms with Crippen molar-refractivity contribution < 1.29 is 14.5 Å². The van der Waals surface area contributed by atoms with E-state index < -0.39 is 10.8 Å². The van der Waals surface area contributed by atoms with Crippen LogP contribution in [-0.4, -0.2) is 47.1 Å². The van der Waals surface area contributed by atoms with Crippen LogP contribution in [-0.2, 0) is 4.74 Å². The first kappa shape index (κ1) is 18.3. The summed E-state index contributed by atoms with van der Waals surface area (Å²) in [4.78, 5) is 42.9. The molecular weight excluding hydrogens is 356 g/mol. The Morgan fingerprint density at radius 2 is 2.07 bits per heavy atom. The number of ether oxygens (including phenoxy) is 1. The second kappa shape index (κ2) is 7.83. The van der Waals surface area contributed by atoms with Crippen LogP contribution in [0.25, 0.3) is 0 Å². The Bertz CT molecular complexity index is 922. The Kier molecular flexibility index (Phi) is 5.31.